The van der Waals surface area contributed by atoms with Crippen LogP contribution in [0.3, 0.4) is 0 Å². The molecule has 0 aliphatic carbocycles. The molecular weight excluding hydrogens is 418 g/mol. The van der Waals surface area contributed by atoms with Crippen molar-refractivity contribution in [2.45, 2.75) is 123 Å². The molecule has 8 heteroatoms. The maximum absolute atomic E-state index is 12.0. The predicted octanol–water partition coefficient (Wildman–Crippen LogP) is 3.92. The van der Waals surface area contributed by atoms with Crippen molar-refractivity contribution in [1.29, 1.82) is 5.41 Å². The van der Waals surface area contributed by atoms with E-state index in [4.69, 9.17) is 11.1 Å². The third-order valence-electron chi connectivity index (χ3n) is 5.76. The van der Waals surface area contributed by atoms with Crippen LogP contribution in [0.1, 0.15) is 117 Å². The Kier molecular flexibility index (Phi) is 20.3. The highest BCUT2D eigenvalue weighted by Crippen LogP contribution is 2.12. The molecule has 0 aromatic heterocycles. The highest BCUT2D eigenvalue weighted by molar-refractivity contribution is 5.89. The lowest BCUT2D eigenvalue weighted by Gasteiger charge is -2.16. The van der Waals surface area contributed by atoms with Crippen molar-refractivity contribution in [2.24, 2.45) is 5.73 Å². The summed E-state index contributed by atoms with van der Waals surface area (Å²) in [5.41, 5.74) is 5.21. The van der Waals surface area contributed by atoms with Crippen LogP contribution >= 0.6 is 0 Å². The lowest BCUT2D eigenvalue weighted by Crippen LogP contribution is -2.45. The first-order valence-electron chi connectivity index (χ1n) is 13.0. The molecule has 0 aliphatic rings. The van der Waals surface area contributed by atoms with E-state index in [0.29, 0.717) is 25.8 Å². The number of nitrogens with two attached hydrogens (primary N) is 1. The van der Waals surface area contributed by atoms with E-state index < -0.39 is 6.04 Å². The van der Waals surface area contributed by atoms with Crippen molar-refractivity contribution in [3.63, 3.8) is 0 Å². The summed E-state index contributed by atoms with van der Waals surface area (Å²) in [4.78, 5) is 35.7. The van der Waals surface area contributed by atoms with Gasteiger partial charge in [0.15, 0.2) is 11.7 Å². The maximum atomic E-state index is 12.0. The number of nitrogens with one attached hydrogen (secondary N) is 4. The standard InChI is InChI=1S/C25H49N5O3/c1-3-4-5-6-7-8-9-10-11-12-13-14-15-18-23(32)29-20-24(33)30-22(21(2)31)17-16-19-28-25(26)27/h22H,3-20H2,1-2H3,(H,29,32)(H,30,33)(H4,26,27,28)/t22-/m0/s1. The van der Waals surface area contributed by atoms with Crippen LogP contribution in [-0.4, -0.2) is 42.7 Å². The number of hydrogen-bond acceptors (Lipinski definition) is 4. The summed E-state index contributed by atoms with van der Waals surface area (Å²) in [6, 6.07) is -0.593. The van der Waals surface area contributed by atoms with E-state index in [2.05, 4.69) is 22.9 Å². The smallest absolute Gasteiger partial charge is 0.239 e. The molecule has 0 spiro atoms. The molecule has 0 aromatic rings. The van der Waals surface area contributed by atoms with Crippen LogP contribution in [0, 0.1) is 5.41 Å². The van der Waals surface area contributed by atoms with E-state index in [0.717, 1.165) is 19.3 Å². The number of carbonyl (C=O) groups excluding carboxylic acids is 3. The SMILES string of the molecule is CCCCCCCCCCCCCCCC(=O)NCC(=O)N[C@@H](CCCNC(=N)N)C(C)=O. The van der Waals surface area contributed by atoms with Gasteiger partial charge in [-0.3, -0.25) is 19.8 Å². The van der Waals surface area contributed by atoms with Crippen LogP contribution in [0.4, 0.5) is 0 Å². The summed E-state index contributed by atoms with van der Waals surface area (Å²) in [7, 11) is 0. The highest BCUT2D eigenvalue weighted by Gasteiger charge is 2.17. The molecule has 0 saturated heterocycles. The molecule has 6 N–H and O–H groups in total. The summed E-state index contributed by atoms with van der Waals surface area (Å²) < 4.78 is 0. The summed E-state index contributed by atoms with van der Waals surface area (Å²) >= 11 is 0. The Hall–Kier alpha value is -2.12. The zero-order valence-electron chi connectivity index (χ0n) is 21.1. The quantitative estimate of drug-likeness (QED) is 0.0933. The Balaban J connectivity index is 3.66. The lowest BCUT2D eigenvalue weighted by atomic mass is 10.0. The number of guanidine groups is 1. The topological polar surface area (TPSA) is 137 Å². The van der Waals surface area contributed by atoms with Gasteiger partial charge in [0.25, 0.3) is 0 Å². The first kappa shape index (κ1) is 30.9. The van der Waals surface area contributed by atoms with Crippen LogP contribution in [-0.2, 0) is 14.4 Å². The van der Waals surface area contributed by atoms with Crippen molar-refractivity contribution in [3.8, 4) is 0 Å². The number of Topliss-reactive ketones (excluding diaryl/α,β-unsaturated/α-hetero) is 1. The van der Waals surface area contributed by atoms with Crippen molar-refractivity contribution in [2.75, 3.05) is 13.1 Å². The molecule has 2 amide bonds. The molecule has 0 radical (unpaired) electrons. The third-order valence-corrected chi connectivity index (χ3v) is 5.76. The Morgan fingerprint density at radius 3 is 1.76 bits per heavy atom. The van der Waals surface area contributed by atoms with Crippen molar-refractivity contribution in [1.82, 2.24) is 16.0 Å². The van der Waals surface area contributed by atoms with E-state index in [-0.39, 0.29) is 30.1 Å². The van der Waals surface area contributed by atoms with Gasteiger partial charge in [-0.25, -0.2) is 0 Å². The number of amides is 2. The second-order valence-electron chi connectivity index (χ2n) is 8.98. The Bertz CT molecular complexity index is 554. The number of carbonyl (C=O) groups is 3. The summed E-state index contributed by atoms with van der Waals surface area (Å²) in [5.74, 6) is -0.749. The van der Waals surface area contributed by atoms with Crippen molar-refractivity contribution >= 4 is 23.6 Å². The van der Waals surface area contributed by atoms with Gasteiger partial charge in [-0.15, -0.1) is 0 Å². The van der Waals surface area contributed by atoms with Gasteiger partial charge in [0.1, 0.15) is 0 Å². The third kappa shape index (κ3) is 21.5. The first-order chi connectivity index (χ1) is 15.9. The van der Waals surface area contributed by atoms with E-state index in [1.54, 1.807) is 0 Å². The van der Waals surface area contributed by atoms with E-state index >= 15 is 0 Å². The average molecular weight is 468 g/mol. The number of unbranched alkanes of at least 4 members (excludes halogenated alkanes) is 12. The molecular formula is C25H49N5O3. The monoisotopic (exact) mass is 467 g/mol. The lowest BCUT2D eigenvalue weighted by molar-refractivity contribution is -0.128. The molecule has 0 aromatic carbocycles. The molecule has 192 valence electrons. The summed E-state index contributed by atoms with van der Waals surface area (Å²) in [5, 5.41) is 15.1. The predicted molar refractivity (Wildman–Crippen MR) is 135 cm³/mol. The molecule has 0 rings (SSSR count). The second-order valence-corrected chi connectivity index (χ2v) is 8.98. The molecule has 0 bridgehead atoms. The zero-order chi connectivity index (χ0) is 24.7. The Morgan fingerprint density at radius 2 is 1.27 bits per heavy atom. The van der Waals surface area contributed by atoms with E-state index in [9.17, 15) is 14.4 Å². The normalized spacial score (nSPS) is 11.6. The Morgan fingerprint density at radius 1 is 0.758 bits per heavy atom. The molecule has 0 fully saturated rings. The molecule has 1 atom stereocenters. The molecule has 8 nitrogen and oxygen atoms in total. The number of rotatable bonds is 22. The van der Waals surface area contributed by atoms with E-state index in [1.165, 1.54) is 71.1 Å². The van der Waals surface area contributed by atoms with Crippen LogP contribution in [0.5, 0.6) is 0 Å². The van der Waals surface area contributed by atoms with Gasteiger partial charge in [-0.1, -0.05) is 84.0 Å². The van der Waals surface area contributed by atoms with Gasteiger partial charge in [0.05, 0.1) is 12.6 Å². The minimum atomic E-state index is -0.593. The minimum Gasteiger partial charge on any atom is -0.370 e. The molecule has 0 saturated carbocycles. The number of ketones is 1. The van der Waals surface area contributed by atoms with E-state index in [1.807, 2.05) is 0 Å². The molecule has 0 aliphatic heterocycles. The van der Waals surface area contributed by atoms with Gasteiger partial charge in [0.2, 0.25) is 11.8 Å². The van der Waals surface area contributed by atoms with Crippen LogP contribution < -0.4 is 21.7 Å². The Labute approximate surface area is 201 Å². The van der Waals surface area contributed by atoms with Gasteiger partial charge >= 0.3 is 0 Å². The minimum absolute atomic E-state index is 0.118. The van der Waals surface area contributed by atoms with Crippen LogP contribution in [0.25, 0.3) is 0 Å². The fourth-order valence-corrected chi connectivity index (χ4v) is 3.72. The fourth-order valence-electron chi connectivity index (χ4n) is 3.72. The maximum Gasteiger partial charge on any atom is 0.239 e. The van der Waals surface area contributed by atoms with Crippen molar-refractivity contribution < 1.29 is 14.4 Å². The van der Waals surface area contributed by atoms with Crippen LogP contribution in [0.2, 0.25) is 0 Å². The summed E-state index contributed by atoms with van der Waals surface area (Å²) in [6.45, 7) is 4.02. The largest absolute Gasteiger partial charge is 0.370 e. The average Bonchev–Trinajstić information content (AvgIpc) is 2.77. The van der Waals surface area contributed by atoms with Gasteiger partial charge in [-0.05, 0) is 26.2 Å². The van der Waals surface area contributed by atoms with Crippen molar-refractivity contribution in [3.05, 3.63) is 0 Å². The highest BCUT2D eigenvalue weighted by atomic mass is 16.2. The zero-order valence-corrected chi connectivity index (χ0v) is 21.1. The fraction of sp³-hybridized carbons (Fsp3) is 0.840. The summed E-state index contributed by atoms with van der Waals surface area (Å²) in [6.07, 6.45) is 17.9. The van der Waals surface area contributed by atoms with Gasteiger partial charge in [-0.2, -0.15) is 0 Å². The second kappa shape index (κ2) is 21.7. The van der Waals surface area contributed by atoms with Crippen LogP contribution in [0.15, 0.2) is 0 Å². The molecule has 0 heterocycles. The molecule has 0 unspecified atom stereocenters. The first-order valence-corrected chi connectivity index (χ1v) is 13.0. The van der Waals surface area contributed by atoms with Gasteiger partial charge < -0.3 is 21.7 Å². The van der Waals surface area contributed by atoms with Gasteiger partial charge in [0, 0.05) is 13.0 Å². The molecule has 33 heavy (non-hydrogen) atoms. The number of hydrogen-bond donors (Lipinski definition) is 5.